The van der Waals surface area contributed by atoms with Crippen molar-refractivity contribution in [1.82, 2.24) is 5.32 Å². The molecule has 6 heteroatoms. The first-order valence-electron chi connectivity index (χ1n) is 8.19. The maximum absolute atomic E-state index is 12.0. The Labute approximate surface area is 146 Å². The number of carbonyl (C=O) groups is 2. The van der Waals surface area contributed by atoms with Crippen LogP contribution in [0.1, 0.15) is 42.3 Å². The number of anilines is 2. The summed E-state index contributed by atoms with van der Waals surface area (Å²) in [7, 11) is 0. The van der Waals surface area contributed by atoms with Crippen LogP contribution >= 0.6 is 11.3 Å². The number of rotatable bonds is 8. The van der Waals surface area contributed by atoms with E-state index in [0.717, 1.165) is 12.8 Å². The molecule has 0 fully saturated rings. The summed E-state index contributed by atoms with van der Waals surface area (Å²) in [5.41, 5.74) is 1.29. The summed E-state index contributed by atoms with van der Waals surface area (Å²) in [6.07, 6.45) is 4.48. The van der Waals surface area contributed by atoms with Gasteiger partial charge in [0.1, 0.15) is 0 Å². The van der Waals surface area contributed by atoms with Crippen molar-refractivity contribution >= 4 is 34.6 Å². The number of benzene rings is 1. The molecular weight excluding hydrogens is 322 g/mol. The molecule has 1 aromatic carbocycles. The van der Waals surface area contributed by atoms with Crippen LogP contribution in [-0.2, 0) is 0 Å². The number of carbonyl (C=O) groups excluding carboxylic acids is 2. The van der Waals surface area contributed by atoms with Crippen LogP contribution in [-0.4, -0.2) is 18.5 Å². The first-order chi connectivity index (χ1) is 11.7. The van der Waals surface area contributed by atoms with Gasteiger partial charge in [0.15, 0.2) is 0 Å². The molecule has 24 heavy (non-hydrogen) atoms. The van der Waals surface area contributed by atoms with Gasteiger partial charge in [-0.2, -0.15) is 0 Å². The van der Waals surface area contributed by atoms with Crippen molar-refractivity contribution in [2.45, 2.75) is 32.6 Å². The van der Waals surface area contributed by atoms with Gasteiger partial charge < -0.3 is 16.0 Å². The zero-order valence-electron chi connectivity index (χ0n) is 13.8. The molecular formula is C18H23N3O2S. The van der Waals surface area contributed by atoms with Crippen molar-refractivity contribution in [2.24, 2.45) is 0 Å². The Hall–Kier alpha value is -2.34. The summed E-state index contributed by atoms with van der Waals surface area (Å²) in [6, 6.07) is 10.5. The molecule has 0 radical (unpaired) electrons. The third kappa shape index (κ3) is 6.04. The zero-order chi connectivity index (χ0) is 17.2. The van der Waals surface area contributed by atoms with E-state index in [1.165, 1.54) is 24.2 Å². The first-order valence-corrected chi connectivity index (χ1v) is 9.07. The summed E-state index contributed by atoms with van der Waals surface area (Å²) in [4.78, 5) is 24.5. The number of urea groups is 1. The maximum Gasteiger partial charge on any atom is 0.319 e. The fourth-order valence-electron chi connectivity index (χ4n) is 2.20. The van der Waals surface area contributed by atoms with E-state index in [-0.39, 0.29) is 11.9 Å². The fourth-order valence-corrected chi connectivity index (χ4v) is 2.82. The first kappa shape index (κ1) is 18.0. The van der Waals surface area contributed by atoms with Crippen LogP contribution in [0.2, 0.25) is 0 Å². The second-order valence-electron chi connectivity index (χ2n) is 5.45. The second kappa shape index (κ2) is 9.72. The second-order valence-corrected chi connectivity index (χ2v) is 6.40. The van der Waals surface area contributed by atoms with Gasteiger partial charge in [-0.1, -0.05) is 38.3 Å². The molecule has 0 unspecified atom stereocenters. The highest BCUT2D eigenvalue weighted by molar-refractivity contribution is 7.12. The summed E-state index contributed by atoms with van der Waals surface area (Å²) < 4.78 is 0. The van der Waals surface area contributed by atoms with E-state index in [9.17, 15) is 9.59 Å². The molecule has 0 saturated heterocycles. The number of hydrogen-bond acceptors (Lipinski definition) is 3. The van der Waals surface area contributed by atoms with Gasteiger partial charge in [-0.15, -0.1) is 11.3 Å². The molecule has 128 valence electrons. The van der Waals surface area contributed by atoms with Crippen LogP contribution in [0.4, 0.5) is 16.2 Å². The average Bonchev–Trinajstić information content (AvgIpc) is 3.09. The fraction of sp³-hybridized carbons (Fsp3) is 0.333. The standard InChI is InChI=1S/C18H23N3O2S/c1-2-3-4-5-11-19-18(23)21-15-9-6-8-14(13-15)20-17(22)16-10-7-12-24-16/h6-10,12-13H,2-5,11H2,1H3,(H,20,22)(H2,19,21,23). The van der Waals surface area contributed by atoms with Gasteiger partial charge >= 0.3 is 6.03 Å². The number of hydrogen-bond donors (Lipinski definition) is 3. The van der Waals surface area contributed by atoms with E-state index < -0.39 is 0 Å². The largest absolute Gasteiger partial charge is 0.338 e. The summed E-state index contributed by atoms with van der Waals surface area (Å²) in [6.45, 7) is 2.82. The quantitative estimate of drug-likeness (QED) is 0.607. The Morgan fingerprint density at radius 1 is 1.00 bits per heavy atom. The molecule has 5 nitrogen and oxygen atoms in total. The van der Waals surface area contributed by atoms with Crippen molar-refractivity contribution in [3.63, 3.8) is 0 Å². The van der Waals surface area contributed by atoms with Crippen molar-refractivity contribution in [3.05, 3.63) is 46.7 Å². The molecule has 0 atom stereocenters. The highest BCUT2D eigenvalue weighted by atomic mass is 32.1. The molecule has 0 aliphatic carbocycles. The molecule has 1 aromatic heterocycles. The van der Waals surface area contributed by atoms with E-state index in [1.54, 1.807) is 30.3 Å². The molecule has 2 aromatic rings. The Balaban J connectivity index is 1.81. The van der Waals surface area contributed by atoms with Gasteiger partial charge in [0.05, 0.1) is 4.88 Å². The van der Waals surface area contributed by atoms with Gasteiger partial charge in [0.25, 0.3) is 5.91 Å². The van der Waals surface area contributed by atoms with Gasteiger partial charge in [-0.3, -0.25) is 4.79 Å². The van der Waals surface area contributed by atoms with Crippen molar-refractivity contribution in [1.29, 1.82) is 0 Å². The van der Waals surface area contributed by atoms with E-state index >= 15 is 0 Å². The molecule has 0 bridgehead atoms. The van der Waals surface area contributed by atoms with Crippen LogP contribution in [0.3, 0.4) is 0 Å². The lowest BCUT2D eigenvalue weighted by Crippen LogP contribution is -2.29. The molecule has 0 spiro atoms. The van der Waals surface area contributed by atoms with Crippen LogP contribution in [0.15, 0.2) is 41.8 Å². The molecule has 0 aliphatic rings. The van der Waals surface area contributed by atoms with E-state index in [0.29, 0.717) is 22.8 Å². The summed E-state index contributed by atoms with van der Waals surface area (Å²) >= 11 is 1.39. The summed E-state index contributed by atoms with van der Waals surface area (Å²) in [5, 5.41) is 10.3. The predicted octanol–water partition coefficient (Wildman–Crippen LogP) is 4.70. The number of unbranched alkanes of at least 4 members (excludes halogenated alkanes) is 3. The minimum absolute atomic E-state index is 0.150. The van der Waals surface area contributed by atoms with Gasteiger partial charge in [0.2, 0.25) is 0 Å². The SMILES string of the molecule is CCCCCCNC(=O)Nc1cccc(NC(=O)c2cccs2)c1. The van der Waals surface area contributed by atoms with E-state index in [4.69, 9.17) is 0 Å². The zero-order valence-corrected chi connectivity index (χ0v) is 14.6. The van der Waals surface area contributed by atoms with Crippen molar-refractivity contribution in [2.75, 3.05) is 17.2 Å². The van der Waals surface area contributed by atoms with Crippen molar-refractivity contribution < 1.29 is 9.59 Å². The molecule has 2 rings (SSSR count). The van der Waals surface area contributed by atoms with Gasteiger partial charge in [-0.25, -0.2) is 4.79 Å². The van der Waals surface area contributed by atoms with Crippen molar-refractivity contribution in [3.8, 4) is 0 Å². The van der Waals surface area contributed by atoms with Crippen LogP contribution in [0, 0.1) is 0 Å². The number of thiophene rings is 1. The lowest BCUT2D eigenvalue weighted by atomic mass is 10.2. The molecule has 3 N–H and O–H groups in total. The predicted molar refractivity (Wildman–Crippen MR) is 99.9 cm³/mol. The Morgan fingerprint density at radius 3 is 2.50 bits per heavy atom. The Bertz CT molecular complexity index is 656. The van der Waals surface area contributed by atoms with Crippen LogP contribution in [0.5, 0.6) is 0 Å². The number of amides is 3. The lowest BCUT2D eigenvalue weighted by Gasteiger charge is -2.09. The smallest absolute Gasteiger partial charge is 0.319 e. The third-order valence-corrected chi connectivity index (χ3v) is 4.31. The minimum Gasteiger partial charge on any atom is -0.338 e. The maximum atomic E-state index is 12.0. The average molecular weight is 345 g/mol. The molecule has 0 saturated carbocycles. The monoisotopic (exact) mass is 345 g/mol. The highest BCUT2D eigenvalue weighted by Gasteiger charge is 2.07. The van der Waals surface area contributed by atoms with E-state index in [1.807, 2.05) is 11.4 Å². The Kier molecular flexibility index (Phi) is 7.29. The number of nitrogens with one attached hydrogen (secondary N) is 3. The Morgan fingerprint density at radius 2 is 1.79 bits per heavy atom. The summed E-state index contributed by atoms with van der Waals surface area (Å²) in [5.74, 6) is -0.150. The van der Waals surface area contributed by atoms with Gasteiger partial charge in [0, 0.05) is 17.9 Å². The lowest BCUT2D eigenvalue weighted by molar-refractivity contribution is 0.103. The van der Waals surface area contributed by atoms with Crippen LogP contribution < -0.4 is 16.0 Å². The topological polar surface area (TPSA) is 70.2 Å². The highest BCUT2D eigenvalue weighted by Crippen LogP contribution is 2.17. The normalized spacial score (nSPS) is 10.2. The van der Waals surface area contributed by atoms with E-state index in [2.05, 4.69) is 22.9 Å². The molecule has 1 heterocycles. The third-order valence-electron chi connectivity index (χ3n) is 3.44. The molecule has 3 amide bonds. The molecule has 0 aliphatic heterocycles. The van der Waals surface area contributed by atoms with Gasteiger partial charge in [-0.05, 0) is 36.1 Å². The minimum atomic E-state index is -0.228. The van der Waals surface area contributed by atoms with Crippen LogP contribution in [0.25, 0.3) is 0 Å².